The van der Waals surface area contributed by atoms with Gasteiger partial charge in [0.15, 0.2) is 5.16 Å². The van der Waals surface area contributed by atoms with E-state index in [2.05, 4.69) is 20.2 Å². The van der Waals surface area contributed by atoms with Gasteiger partial charge in [0.2, 0.25) is 0 Å². The summed E-state index contributed by atoms with van der Waals surface area (Å²) in [7, 11) is 0. The van der Waals surface area contributed by atoms with Gasteiger partial charge in [-0.15, -0.1) is 5.10 Å². The third kappa shape index (κ3) is 1.72. The van der Waals surface area contributed by atoms with Crippen LogP contribution in [0.3, 0.4) is 0 Å². The predicted octanol–water partition coefficient (Wildman–Crippen LogP) is 1.22. The molecule has 0 spiro atoms. The van der Waals surface area contributed by atoms with E-state index < -0.39 is 0 Å². The monoisotopic (exact) mass is 203 g/mol. The first-order chi connectivity index (χ1) is 6.90. The molecular formula is C8H5N5S. The van der Waals surface area contributed by atoms with Crippen LogP contribution in [0.2, 0.25) is 0 Å². The molecule has 0 atom stereocenters. The zero-order valence-electron chi connectivity index (χ0n) is 7.01. The van der Waals surface area contributed by atoms with Crippen molar-refractivity contribution in [2.24, 2.45) is 0 Å². The van der Waals surface area contributed by atoms with Gasteiger partial charge in [-0.2, -0.15) is 10.4 Å². The van der Waals surface area contributed by atoms with Crippen LogP contribution in [-0.2, 0) is 0 Å². The molecule has 0 unspecified atom stereocenters. The molecule has 5 nitrogen and oxygen atoms in total. The molecule has 0 saturated heterocycles. The lowest BCUT2D eigenvalue weighted by molar-refractivity contribution is 0.913. The number of nitrogens with one attached hydrogen (secondary N) is 1. The fourth-order valence-electron chi connectivity index (χ4n) is 0.877. The summed E-state index contributed by atoms with van der Waals surface area (Å²) in [6.45, 7) is 0. The minimum atomic E-state index is 0.501. The maximum Gasteiger partial charge on any atom is 0.171 e. The Hall–Kier alpha value is -1.87. The molecule has 0 aliphatic carbocycles. The third-order valence-electron chi connectivity index (χ3n) is 1.47. The number of imidazole rings is 1. The number of hydrogen-bond donors (Lipinski definition) is 1. The van der Waals surface area contributed by atoms with Gasteiger partial charge in [-0.05, 0) is 17.8 Å². The topological polar surface area (TPSA) is 78.2 Å². The minimum Gasteiger partial charge on any atom is -0.339 e. The summed E-state index contributed by atoms with van der Waals surface area (Å²) >= 11 is 1.28. The molecule has 14 heavy (non-hydrogen) atoms. The van der Waals surface area contributed by atoms with E-state index >= 15 is 0 Å². The van der Waals surface area contributed by atoms with Crippen LogP contribution in [-0.4, -0.2) is 20.2 Å². The minimum absolute atomic E-state index is 0.501. The van der Waals surface area contributed by atoms with Crippen LogP contribution < -0.4 is 0 Å². The molecule has 0 radical (unpaired) electrons. The summed E-state index contributed by atoms with van der Waals surface area (Å²) in [6, 6.07) is 3.67. The average molecular weight is 203 g/mol. The number of nitriles is 1. The van der Waals surface area contributed by atoms with Gasteiger partial charge in [0.05, 0.1) is 11.8 Å². The van der Waals surface area contributed by atoms with Gasteiger partial charge in [-0.1, -0.05) is 0 Å². The van der Waals surface area contributed by atoms with Crippen LogP contribution in [0.1, 0.15) is 5.56 Å². The Labute approximate surface area is 84.2 Å². The lowest BCUT2D eigenvalue weighted by Gasteiger charge is -1.96. The van der Waals surface area contributed by atoms with Crippen molar-refractivity contribution in [2.75, 3.05) is 0 Å². The van der Waals surface area contributed by atoms with Crippen LogP contribution in [0.5, 0.6) is 0 Å². The van der Waals surface area contributed by atoms with Gasteiger partial charge in [-0.3, -0.25) is 0 Å². The Bertz CT molecular complexity index is 459. The van der Waals surface area contributed by atoms with Crippen molar-refractivity contribution in [1.29, 1.82) is 5.26 Å². The summed E-state index contributed by atoms with van der Waals surface area (Å²) in [5.74, 6) is 0. The molecule has 0 aliphatic heterocycles. The second kappa shape index (κ2) is 3.89. The molecule has 2 heterocycles. The number of nitrogens with zero attached hydrogens (tertiary/aromatic N) is 4. The van der Waals surface area contributed by atoms with Crippen molar-refractivity contribution in [3.05, 3.63) is 30.2 Å². The number of aromatic nitrogens is 4. The van der Waals surface area contributed by atoms with E-state index in [0.29, 0.717) is 15.7 Å². The summed E-state index contributed by atoms with van der Waals surface area (Å²) in [5, 5.41) is 17.6. The van der Waals surface area contributed by atoms with Gasteiger partial charge >= 0.3 is 0 Å². The number of aromatic amines is 1. The van der Waals surface area contributed by atoms with Crippen LogP contribution >= 0.6 is 11.8 Å². The van der Waals surface area contributed by atoms with E-state index in [1.807, 2.05) is 6.07 Å². The highest BCUT2D eigenvalue weighted by atomic mass is 32.2. The summed E-state index contributed by atoms with van der Waals surface area (Å²) in [4.78, 5) is 6.93. The summed E-state index contributed by atoms with van der Waals surface area (Å²) in [5.41, 5.74) is 0.501. The molecule has 0 aliphatic rings. The SMILES string of the molecule is N#Cc1ccnnc1Sc1ncc[nH]1. The van der Waals surface area contributed by atoms with Crippen molar-refractivity contribution < 1.29 is 0 Å². The molecule has 0 bridgehead atoms. The van der Waals surface area contributed by atoms with E-state index in [0.717, 1.165) is 0 Å². The first-order valence-electron chi connectivity index (χ1n) is 3.79. The van der Waals surface area contributed by atoms with E-state index in [1.54, 1.807) is 18.5 Å². The van der Waals surface area contributed by atoms with Gasteiger partial charge in [0.25, 0.3) is 0 Å². The Morgan fingerprint density at radius 1 is 1.43 bits per heavy atom. The predicted molar refractivity (Wildman–Crippen MR) is 49.5 cm³/mol. The first-order valence-corrected chi connectivity index (χ1v) is 4.61. The lowest BCUT2D eigenvalue weighted by atomic mass is 10.3. The second-order valence-corrected chi connectivity index (χ2v) is 3.34. The number of H-pyrrole nitrogens is 1. The number of rotatable bonds is 2. The molecule has 0 saturated carbocycles. The maximum absolute atomic E-state index is 8.79. The average Bonchev–Trinajstić information content (AvgIpc) is 2.71. The van der Waals surface area contributed by atoms with Crippen LogP contribution in [0, 0.1) is 11.3 Å². The molecule has 0 fully saturated rings. The molecule has 2 aromatic rings. The Kier molecular flexibility index (Phi) is 2.42. The Balaban J connectivity index is 2.30. The molecule has 6 heteroatoms. The van der Waals surface area contributed by atoms with E-state index in [1.165, 1.54) is 18.0 Å². The molecule has 68 valence electrons. The van der Waals surface area contributed by atoms with Gasteiger partial charge < -0.3 is 4.98 Å². The fraction of sp³-hybridized carbons (Fsp3) is 0. The standard InChI is InChI=1S/C8H5N5S/c9-5-6-1-2-12-13-7(6)14-8-10-3-4-11-8/h1-4H,(H,10,11). The summed E-state index contributed by atoms with van der Waals surface area (Å²) < 4.78 is 0. The highest BCUT2D eigenvalue weighted by Crippen LogP contribution is 2.24. The van der Waals surface area contributed by atoms with Crippen molar-refractivity contribution in [3.63, 3.8) is 0 Å². The van der Waals surface area contributed by atoms with Crippen LogP contribution in [0.25, 0.3) is 0 Å². The third-order valence-corrected chi connectivity index (χ3v) is 2.39. The van der Waals surface area contributed by atoms with E-state index in [-0.39, 0.29) is 0 Å². The molecular weight excluding hydrogens is 198 g/mol. The lowest BCUT2D eigenvalue weighted by Crippen LogP contribution is -1.89. The van der Waals surface area contributed by atoms with E-state index in [9.17, 15) is 0 Å². The molecule has 0 aromatic carbocycles. The van der Waals surface area contributed by atoms with E-state index in [4.69, 9.17) is 5.26 Å². The van der Waals surface area contributed by atoms with Crippen molar-refractivity contribution in [2.45, 2.75) is 10.2 Å². The maximum atomic E-state index is 8.79. The smallest absolute Gasteiger partial charge is 0.171 e. The van der Waals surface area contributed by atoms with Crippen molar-refractivity contribution in [3.8, 4) is 6.07 Å². The van der Waals surface area contributed by atoms with Gasteiger partial charge in [0.1, 0.15) is 11.1 Å². The zero-order chi connectivity index (χ0) is 9.80. The van der Waals surface area contributed by atoms with Gasteiger partial charge in [0, 0.05) is 12.4 Å². The van der Waals surface area contributed by atoms with Crippen LogP contribution in [0.15, 0.2) is 34.8 Å². The van der Waals surface area contributed by atoms with Crippen molar-refractivity contribution >= 4 is 11.8 Å². The fourth-order valence-corrected chi connectivity index (χ4v) is 1.61. The Morgan fingerprint density at radius 2 is 2.36 bits per heavy atom. The zero-order valence-corrected chi connectivity index (χ0v) is 7.82. The quantitative estimate of drug-likeness (QED) is 0.794. The molecule has 2 rings (SSSR count). The highest BCUT2D eigenvalue weighted by Gasteiger charge is 2.06. The largest absolute Gasteiger partial charge is 0.339 e. The van der Waals surface area contributed by atoms with Gasteiger partial charge in [-0.25, -0.2) is 4.98 Å². The molecule has 0 amide bonds. The second-order valence-electron chi connectivity index (χ2n) is 2.36. The van der Waals surface area contributed by atoms with Crippen LogP contribution in [0.4, 0.5) is 0 Å². The molecule has 2 aromatic heterocycles. The summed E-state index contributed by atoms with van der Waals surface area (Å²) in [6.07, 6.45) is 4.85. The normalized spacial score (nSPS) is 9.64. The Morgan fingerprint density at radius 3 is 3.07 bits per heavy atom. The number of hydrogen-bond acceptors (Lipinski definition) is 5. The van der Waals surface area contributed by atoms with Crippen molar-refractivity contribution in [1.82, 2.24) is 20.2 Å². The first kappa shape index (κ1) is 8.72. The molecule has 1 N–H and O–H groups in total. The highest BCUT2D eigenvalue weighted by molar-refractivity contribution is 7.99.